The van der Waals surface area contributed by atoms with Gasteiger partial charge in [-0.05, 0) is 31.6 Å². The molecule has 0 aliphatic rings. The van der Waals surface area contributed by atoms with Crippen molar-refractivity contribution in [3.05, 3.63) is 0 Å². The third-order valence-electron chi connectivity index (χ3n) is 14.8. The van der Waals surface area contributed by atoms with Crippen molar-refractivity contribution in [3.8, 4) is 0 Å². The summed E-state index contributed by atoms with van der Waals surface area (Å²) in [5.74, 6) is -1.48. The fourth-order valence-corrected chi connectivity index (χ4v) is 11.2. The average molecular weight is 1230 g/mol. The lowest BCUT2D eigenvalue weighted by atomic mass is 10.0. The van der Waals surface area contributed by atoms with Gasteiger partial charge in [0.25, 0.3) is 0 Å². The molecule has 492 valence electrons. The zero-order chi connectivity index (χ0) is 61.3. The van der Waals surface area contributed by atoms with Crippen molar-refractivity contribution >= 4 is 39.5 Å². The smallest absolute Gasteiger partial charge is 0.462 e. The number of aliphatic hydroxyl groups excluding tert-OH is 1. The molecule has 0 spiro atoms. The molecule has 83 heavy (non-hydrogen) atoms. The summed E-state index contributed by atoms with van der Waals surface area (Å²) < 4.78 is 67.8. The Bertz CT molecular complexity index is 1620. The number of phosphoric acid groups is 2. The Morgan fingerprint density at radius 2 is 0.554 bits per heavy atom. The summed E-state index contributed by atoms with van der Waals surface area (Å²) in [5, 5.41) is 10.5. The van der Waals surface area contributed by atoms with E-state index in [9.17, 15) is 43.2 Å². The molecule has 0 aromatic heterocycles. The third-order valence-corrected chi connectivity index (χ3v) is 16.7. The van der Waals surface area contributed by atoms with Crippen molar-refractivity contribution < 1.29 is 80.2 Å². The predicted molar refractivity (Wildman–Crippen MR) is 331 cm³/mol. The highest BCUT2D eigenvalue weighted by Crippen LogP contribution is 2.45. The molecular formula is C64H124O17P2. The molecule has 17 nitrogen and oxygen atoms in total. The Kier molecular flexibility index (Phi) is 56.4. The number of hydrogen-bond acceptors (Lipinski definition) is 15. The van der Waals surface area contributed by atoms with E-state index in [1.807, 2.05) is 0 Å². The lowest BCUT2D eigenvalue weighted by Crippen LogP contribution is -2.30. The van der Waals surface area contributed by atoms with Crippen LogP contribution in [-0.2, 0) is 65.4 Å². The van der Waals surface area contributed by atoms with Crippen molar-refractivity contribution in [1.29, 1.82) is 0 Å². The second-order valence-corrected chi connectivity index (χ2v) is 26.5. The van der Waals surface area contributed by atoms with Gasteiger partial charge in [-0.2, -0.15) is 0 Å². The Morgan fingerprint density at radius 1 is 0.325 bits per heavy atom. The van der Waals surface area contributed by atoms with Crippen LogP contribution >= 0.6 is 15.6 Å². The van der Waals surface area contributed by atoms with Crippen LogP contribution in [0.1, 0.15) is 324 Å². The second-order valence-electron chi connectivity index (χ2n) is 23.6. The Morgan fingerprint density at radius 3 is 0.819 bits per heavy atom. The molecule has 19 heteroatoms. The van der Waals surface area contributed by atoms with E-state index in [2.05, 4.69) is 34.6 Å². The minimum atomic E-state index is -4.94. The number of rotatable bonds is 64. The van der Waals surface area contributed by atoms with E-state index in [0.29, 0.717) is 31.6 Å². The normalized spacial score (nSPS) is 14.2. The molecule has 0 aromatic carbocycles. The number of esters is 4. The van der Waals surface area contributed by atoms with Gasteiger partial charge in [0, 0.05) is 25.7 Å². The number of aliphatic hydroxyl groups is 1. The van der Waals surface area contributed by atoms with Crippen molar-refractivity contribution in [3.63, 3.8) is 0 Å². The molecule has 0 saturated heterocycles. The molecule has 0 aliphatic carbocycles. The molecule has 0 radical (unpaired) electrons. The molecular weight excluding hydrogens is 1100 g/mol. The molecule has 0 heterocycles. The first kappa shape index (κ1) is 81.1. The van der Waals surface area contributed by atoms with Crippen LogP contribution in [0.25, 0.3) is 0 Å². The first-order valence-electron chi connectivity index (χ1n) is 33.6. The molecule has 0 amide bonds. The summed E-state index contributed by atoms with van der Waals surface area (Å²) >= 11 is 0. The highest BCUT2D eigenvalue weighted by molar-refractivity contribution is 7.47. The fraction of sp³-hybridized carbons (Fsp3) is 0.938. The van der Waals surface area contributed by atoms with Gasteiger partial charge >= 0.3 is 39.5 Å². The molecule has 0 bridgehead atoms. The zero-order valence-corrected chi connectivity index (χ0v) is 55.1. The van der Waals surface area contributed by atoms with E-state index >= 15 is 0 Å². The molecule has 2 unspecified atom stereocenters. The third kappa shape index (κ3) is 58.8. The number of ether oxygens (including phenoxy) is 4. The molecule has 0 aliphatic heterocycles. The van der Waals surface area contributed by atoms with Crippen LogP contribution in [0.2, 0.25) is 0 Å². The van der Waals surface area contributed by atoms with Crippen molar-refractivity contribution in [2.75, 3.05) is 39.6 Å². The van der Waals surface area contributed by atoms with Crippen LogP contribution in [0.4, 0.5) is 0 Å². The van der Waals surface area contributed by atoms with E-state index in [0.717, 1.165) is 96.3 Å². The summed E-state index contributed by atoms with van der Waals surface area (Å²) in [7, 11) is -9.88. The van der Waals surface area contributed by atoms with Gasteiger partial charge in [0.15, 0.2) is 12.2 Å². The van der Waals surface area contributed by atoms with Crippen LogP contribution < -0.4 is 0 Å². The SMILES string of the molecule is CCCCCCCCCCCCCCCCCC(=O)O[C@H](COC(=O)CCCCCCCCCCCCCCCC)COP(=O)(O)OC[C@@H](O)COP(=O)(O)OC[C@@H](COC(=O)CCCCCCC)OC(=O)CCCCCCCCC(C)C. The van der Waals surface area contributed by atoms with E-state index in [-0.39, 0.29) is 25.7 Å². The van der Waals surface area contributed by atoms with Crippen LogP contribution in [0.3, 0.4) is 0 Å². The largest absolute Gasteiger partial charge is 0.472 e. The molecule has 0 rings (SSSR count). The van der Waals surface area contributed by atoms with Crippen LogP contribution in [0, 0.1) is 5.92 Å². The molecule has 0 saturated carbocycles. The number of unbranched alkanes of at least 4 members (excludes halogenated alkanes) is 36. The van der Waals surface area contributed by atoms with Gasteiger partial charge in [-0.1, -0.05) is 272 Å². The van der Waals surface area contributed by atoms with Crippen LogP contribution in [0.5, 0.6) is 0 Å². The summed E-state index contributed by atoms with van der Waals surface area (Å²) in [6.07, 6.45) is 42.2. The van der Waals surface area contributed by atoms with E-state index in [1.54, 1.807) is 0 Å². The number of carbonyl (C=O) groups excluding carboxylic acids is 4. The Labute approximate surface area is 505 Å². The van der Waals surface area contributed by atoms with Crippen LogP contribution in [-0.4, -0.2) is 96.7 Å². The maximum absolute atomic E-state index is 13.0. The van der Waals surface area contributed by atoms with Gasteiger partial charge in [0.1, 0.15) is 19.3 Å². The van der Waals surface area contributed by atoms with Crippen molar-refractivity contribution in [1.82, 2.24) is 0 Å². The van der Waals surface area contributed by atoms with Gasteiger partial charge in [-0.15, -0.1) is 0 Å². The topological polar surface area (TPSA) is 237 Å². The summed E-state index contributed by atoms with van der Waals surface area (Å²) in [5.41, 5.74) is 0. The van der Waals surface area contributed by atoms with Crippen molar-refractivity contribution in [2.45, 2.75) is 342 Å². The molecule has 0 fully saturated rings. The van der Waals surface area contributed by atoms with Crippen LogP contribution in [0.15, 0.2) is 0 Å². The van der Waals surface area contributed by atoms with E-state index in [4.69, 9.17) is 37.0 Å². The van der Waals surface area contributed by atoms with Gasteiger partial charge in [0.2, 0.25) is 0 Å². The van der Waals surface area contributed by atoms with Crippen molar-refractivity contribution in [2.24, 2.45) is 5.92 Å². The molecule has 3 N–H and O–H groups in total. The Hall–Kier alpha value is -1.94. The fourth-order valence-electron chi connectivity index (χ4n) is 9.58. The quantitative estimate of drug-likeness (QED) is 0.0222. The van der Waals surface area contributed by atoms with Gasteiger partial charge in [-0.3, -0.25) is 37.3 Å². The van der Waals surface area contributed by atoms with Gasteiger partial charge < -0.3 is 33.8 Å². The lowest BCUT2D eigenvalue weighted by molar-refractivity contribution is -0.161. The maximum atomic E-state index is 13.0. The minimum absolute atomic E-state index is 0.101. The number of hydrogen-bond donors (Lipinski definition) is 3. The monoisotopic (exact) mass is 1230 g/mol. The summed E-state index contributed by atoms with van der Waals surface area (Å²) in [6.45, 7) is 7.02. The highest BCUT2D eigenvalue weighted by atomic mass is 31.2. The maximum Gasteiger partial charge on any atom is 0.472 e. The summed E-state index contributed by atoms with van der Waals surface area (Å²) in [6, 6.07) is 0. The Balaban J connectivity index is 5.17. The molecule has 0 aromatic rings. The van der Waals surface area contributed by atoms with E-state index in [1.165, 1.54) is 141 Å². The highest BCUT2D eigenvalue weighted by Gasteiger charge is 2.30. The standard InChI is InChI=1S/C64H124O17P2/c1-6-9-12-15-17-19-21-23-25-27-29-31-33-39-44-49-63(68)80-60(54-75-62(67)48-43-38-32-30-28-26-24-22-20-18-16-13-10-7-2)56-79-83(72,73)77-52-58(65)51-76-82(70,71)78-55-59(53-74-61(66)47-42-36-14-11-8-3)81-64(69)50-45-40-35-34-37-41-46-57(4)5/h57-60,65H,6-56H2,1-5H3,(H,70,71)(H,72,73)/t58-,59+,60+/m0/s1. The van der Waals surface area contributed by atoms with E-state index < -0.39 is 97.5 Å². The molecule has 5 atom stereocenters. The minimum Gasteiger partial charge on any atom is -0.462 e. The summed E-state index contributed by atoms with van der Waals surface area (Å²) in [4.78, 5) is 71.9. The predicted octanol–water partition coefficient (Wildman–Crippen LogP) is 17.8. The van der Waals surface area contributed by atoms with Gasteiger partial charge in [0.05, 0.1) is 26.4 Å². The second kappa shape index (κ2) is 57.8. The average Bonchev–Trinajstić information content (AvgIpc) is 3.45. The first-order valence-corrected chi connectivity index (χ1v) is 36.6. The van der Waals surface area contributed by atoms with Gasteiger partial charge in [-0.25, -0.2) is 9.13 Å². The number of carbonyl (C=O) groups is 4. The number of phosphoric ester groups is 2. The lowest BCUT2D eigenvalue weighted by Gasteiger charge is -2.21. The first-order chi connectivity index (χ1) is 40.0. The zero-order valence-electron chi connectivity index (χ0n) is 53.3.